The molecule has 2 N–H and O–H groups in total. The van der Waals surface area contributed by atoms with E-state index in [-0.39, 0.29) is 6.04 Å². The van der Waals surface area contributed by atoms with Crippen LogP contribution in [0.25, 0.3) is 11.0 Å². The second-order valence-corrected chi connectivity index (χ2v) is 5.19. The molecular weight excluding hydrogens is 248 g/mol. The summed E-state index contributed by atoms with van der Waals surface area (Å²) in [6.45, 7) is 2.83. The van der Waals surface area contributed by atoms with Gasteiger partial charge >= 0.3 is 0 Å². The normalized spacial score (nSPS) is 12.7. The van der Waals surface area contributed by atoms with Gasteiger partial charge in [-0.2, -0.15) is 0 Å². The third-order valence-electron chi connectivity index (χ3n) is 3.36. The van der Waals surface area contributed by atoms with Gasteiger partial charge in [0.1, 0.15) is 5.65 Å². The van der Waals surface area contributed by atoms with E-state index in [2.05, 4.69) is 26.8 Å². The number of rotatable bonds is 4. The van der Waals surface area contributed by atoms with Crippen molar-refractivity contribution in [3.63, 3.8) is 0 Å². The molecule has 0 bridgehead atoms. The van der Waals surface area contributed by atoms with Crippen molar-refractivity contribution >= 4 is 11.0 Å². The summed E-state index contributed by atoms with van der Waals surface area (Å²) in [4.78, 5) is 8.56. The summed E-state index contributed by atoms with van der Waals surface area (Å²) < 4.78 is 2.18. The zero-order chi connectivity index (χ0) is 13.9. The Bertz CT molecular complexity index is 701. The Morgan fingerprint density at radius 2 is 2.00 bits per heavy atom. The second kappa shape index (κ2) is 5.43. The molecule has 3 aromatic rings. The number of nitrogens with zero attached hydrogens (tertiary/aromatic N) is 3. The van der Waals surface area contributed by atoms with Gasteiger partial charge in [0, 0.05) is 42.8 Å². The van der Waals surface area contributed by atoms with Crippen molar-refractivity contribution in [3.05, 3.63) is 60.2 Å². The fourth-order valence-corrected chi connectivity index (χ4v) is 2.51. The van der Waals surface area contributed by atoms with Crippen LogP contribution in [-0.2, 0) is 13.0 Å². The Hall–Kier alpha value is -2.20. The minimum absolute atomic E-state index is 0.148. The molecular formula is C16H18N4. The van der Waals surface area contributed by atoms with E-state index in [9.17, 15) is 0 Å². The van der Waals surface area contributed by atoms with Gasteiger partial charge in [-0.25, -0.2) is 4.98 Å². The SMILES string of the molecule is CC(N)Cc1cn(Cc2ccncc2)c2ncccc12. The van der Waals surface area contributed by atoms with E-state index in [1.54, 1.807) is 0 Å². The van der Waals surface area contributed by atoms with Crippen LogP contribution >= 0.6 is 0 Å². The Labute approximate surface area is 118 Å². The van der Waals surface area contributed by atoms with Crippen molar-refractivity contribution in [3.8, 4) is 0 Å². The summed E-state index contributed by atoms with van der Waals surface area (Å²) in [6.07, 6.45) is 8.50. The van der Waals surface area contributed by atoms with Crippen LogP contribution in [0, 0.1) is 0 Å². The quantitative estimate of drug-likeness (QED) is 0.788. The molecule has 1 unspecified atom stereocenters. The Balaban J connectivity index is 2.02. The first kappa shape index (κ1) is 12.8. The summed E-state index contributed by atoms with van der Waals surface area (Å²) in [5.74, 6) is 0. The van der Waals surface area contributed by atoms with Gasteiger partial charge in [0.05, 0.1) is 0 Å². The predicted octanol–water partition coefficient (Wildman–Crippen LogP) is 2.37. The number of aromatic nitrogens is 3. The van der Waals surface area contributed by atoms with Gasteiger partial charge < -0.3 is 10.3 Å². The highest BCUT2D eigenvalue weighted by Crippen LogP contribution is 2.21. The first-order chi connectivity index (χ1) is 9.74. The molecule has 3 heterocycles. The fourth-order valence-electron chi connectivity index (χ4n) is 2.51. The van der Waals surface area contributed by atoms with Crippen molar-refractivity contribution in [1.82, 2.24) is 14.5 Å². The molecule has 0 saturated carbocycles. The van der Waals surface area contributed by atoms with Gasteiger partial charge in [0.15, 0.2) is 0 Å². The van der Waals surface area contributed by atoms with Crippen molar-refractivity contribution in [1.29, 1.82) is 0 Å². The molecule has 0 amide bonds. The molecule has 0 radical (unpaired) electrons. The first-order valence-corrected chi connectivity index (χ1v) is 6.81. The molecule has 3 aromatic heterocycles. The maximum absolute atomic E-state index is 5.94. The average molecular weight is 266 g/mol. The number of fused-ring (bicyclic) bond motifs is 1. The van der Waals surface area contributed by atoms with E-state index < -0.39 is 0 Å². The maximum Gasteiger partial charge on any atom is 0.140 e. The topological polar surface area (TPSA) is 56.7 Å². The van der Waals surface area contributed by atoms with E-state index in [1.165, 1.54) is 16.5 Å². The van der Waals surface area contributed by atoms with Crippen molar-refractivity contribution in [2.75, 3.05) is 0 Å². The zero-order valence-corrected chi connectivity index (χ0v) is 11.5. The molecule has 0 aliphatic carbocycles. The van der Waals surface area contributed by atoms with Crippen LogP contribution in [0.15, 0.2) is 49.1 Å². The lowest BCUT2D eigenvalue weighted by atomic mass is 10.1. The molecule has 0 spiro atoms. The van der Waals surface area contributed by atoms with Crippen molar-refractivity contribution < 1.29 is 0 Å². The highest BCUT2D eigenvalue weighted by atomic mass is 15.0. The van der Waals surface area contributed by atoms with Crippen molar-refractivity contribution in [2.24, 2.45) is 5.73 Å². The largest absolute Gasteiger partial charge is 0.328 e. The summed E-state index contributed by atoms with van der Waals surface area (Å²) >= 11 is 0. The molecule has 4 heteroatoms. The van der Waals surface area contributed by atoms with Crippen LogP contribution in [0.4, 0.5) is 0 Å². The molecule has 0 fully saturated rings. The standard InChI is InChI=1S/C16H18N4/c1-12(17)9-14-11-20(10-13-4-7-18-8-5-13)16-15(14)3-2-6-19-16/h2-8,11-12H,9-10,17H2,1H3. The predicted molar refractivity (Wildman–Crippen MR) is 80.4 cm³/mol. The minimum Gasteiger partial charge on any atom is -0.328 e. The molecule has 0 aliphatic rings. The molecule has 0 saturated heterocycles. The van der Waals surface area contributed by atoms with Gasteiger partial charge in [0.2, 0.25) is 0 Å². The number of hydrogen-bond donors (Lipinski definition) is 1. The highest BCUT2D eigenvalue weighted by molar-refractivity contribution is 5.80. The Morgan fingerprint density at radius 1 is 1.20 bits per heavy atom. The summed E-state index contributed by atoms with van der Waals surface area (Å²) in [5, 5.41) is 1.19. The van der Waals surface area contributed by atoms with Gasteiger partial charge in [-0.15, -0.1) is 0 Å². The van der Waals surface area contributed by atoms with Crippen LogP contribution < -0.4 is 5.73 Å². The second-order valence-electron chi connectivity index (χ2n) is 5.19. The smallest absolute Gasteiger partial charge is 0.140 e. The van der Waals surface area contributed by atoms with Crippen LogP contribution in [0.5, 0.6) is 0 Å². The number of hydrogen-bond acceptors (Lipinski definition) is 3. The first-order valence-electron chi connectivity index (χ1n) is 6.81. The molecule has 4 nitrogen and oxygen atoms in total. The summed E-state index contributed by atoms with van der Waals surface area (Å²) in [6, 6.07) is 8.29. The van der Waals surface area contributed by atoms with E-state index in [1.807, 2.05) is 43.7 Å². The third kappa shape index (κ3) is 2.56. The van der Waals surface area contributed by atoms with E-state index in [4.69, 9.17) is 5.73 Å². The lowest BCUT2D eigenvalue weighted by molar-refractivity contribution is 0.734. The van der Waals surface area contributed by atoms with E-state index in [0.717, 1.165) is 18.6 Å². The molecule has 102 valence electrons. The molecule has 1 atom stereocenters. The molecule has 3 rings (SSSR count). The fraction of sp³-hybridized carbons (Fsp3) is 0.250. The van der Waals surface area contributed by atoms with E-state index >= 15 is 0 Å². The van der Waals surface area contributed by atoms with Gasteiger partial charge in [0.25, 0.3) is 0 Å². The van der Waals surface area contributed by atoms with Crippen molar-refractivity contribution in [2.45, 2.75) is 25.9 Å². The summed E-state index contributed by atoms with van der Waals surface area (Å²) in [7, 11) is 0. The van der Waals surface area contributed by atoms with Gasteiger partial charge in [-0.1, -0.05) is 0 Å². The lowest BCUT2D eigenvalue weighted by Crippen LogP contribution is -2.17. The molecule has 20 heavy (non-hydrogen) atoms. The minimum atomic E-state index is 0.148. The number of nitrogens with two attached hydrogens (primary N) is 1. The highest BCUT2D eigenvalue weighted by Gasteiger charge is 2.10. The van der Waals surface area contributed by atoms with Gasteiger partial charge in [-0.05, 0) is 48.7 Å². The van der Waals surface area contributed by atoms with Crippen LogP contribution in [0.3, 0.4) is 0 Å². The average Bonchev–Trinajstić information content (AvgIpc) is 2.78. The Kier molecular flexibility index (Phi) is 3.48. The summed E-state index contributed by atoms with van der Waals surface area (Å²) in [5.41, 5.74) is 9.43. The monoisotopic (exact) mass is 266 g/mol. The molecule has 0 aliphatic heterocycles. The van der Waals surface area contributed by atoms with Crippen LogP contribution in [0.2, 0.25) is 0 Å². The number of pyridine rings is 2. The molecule has 0 aromatic carbocycles. The van der Waals surface area contributed by atoms with Gasteiger partial charge in [-0.3, -0.25) is 4.98 Å². The Morgan fingerprint density at radius 3 is 2.75 bits per heavy atom. The third-order valence-corrected chi connectivity index (χ3v) is 3.36. The van der Waals surface area contributed by atoms with E-state index in [0.29, 0.717) is 0 Å². The van der Waals surface area contributed by atoms with Crippen LogP contribution in [0.1, 0.15) is 18.1 Å². The van der Waals surface area contributed by atoms with Crippen LogP contribution in [-0.4, -0.2) is 20.6 Å². The lowest BCUT2D eigenvalue weighted by Gasteiger charge is -2.04. The maximum atomic E-state index is 5.94. The zero-order valence-electron chi connectivity index (χ0n) is 11.5.